The van der Waals surface area contributed by atoms with E-state index in [-0.39, 0.29) is 0 Å². The minimum atomic E-state index is -0.565. The van der Waals surface area contributed by atoms with Gasteiger partial charge in [0.05, 0.1) is 5.69 Å². The summed E-state index contributed by atoms with van der Waals surface area (Å²) in [7, 11) is 0. The first kappa shape index (κ1) is 8.41. The first-order valence-corrected chi connectivity index (χ1v) is 4.81. The van der Waals surface area contributed by atoms with Gasteiger partial charge >= 0.3 is 0 Å². The number of benzene rings is 2. The standard InChI is InChI=1S/C12H9FN2/c13-7-11-14-9-5-1-3-8-4-2-6-10(15-11)12(8)9/h1-6H,7H2,(H,14,15). The van der Waals surface area contributed by atoms with Crippen LogP contribution < -0.4 is 5.32 Å². The predicted molar refractivity (Wildman–Crippen MR) is 60.6 cm³/mol. The first-order valence-electron chi connectivity index (χ1n) is 4.81. The monoisotopic (exact) mass is 200 g/mol. The molecule has 1 heterocycles. The SMILES string of the molecule is FCC1=Nc2cccc3cccc(c23)N1. The van der Waals surface area contributed by atoms with Crippen molar-refractivity contribution < 1.29 is 4.39 Å². The number of nitrogens with zero attached hydrogens (tertiary/aromatic N) is 1. The third-order valence-corrected chi connectivity index (χ3v) is 2.54. The Morgan fingerprint density at radius 3 is 2.73 bits per heavy atom. The van der Waals surface area contributed by atoms with E-state index in [1.165, 1.54) is 0 Å². The van der Waals surface area contributed by atoms with Crippen molar-refractivity contribution in [2.24, 2.45) is 4.99 Å². The Bertz CT molecular complexity index is 555. The van der Waals surface area contributed by atoms with Crippen molar-refractivity contribution in [1.29, 1.82) is 0 Å². The van der Waals surface area contributed by atoms with Gasteiger partial charge in [-0.2, -0.15) is 0 Å². The number of amidine groups is 1. The minimum Gasteiger partial charge on any atom is -0.341 e. The molecule has 74 valence electrons. The number of hydrogen-bond acceptors (Lipinski definition) is 2. The number of hydrogen-bond donors (Lipinski definition) is 1. The fraction of sp³-hybridized carbons (Fsp3) is 0.0833. The summed E-state index contributed by atoms with van der Waals surface area (Å²) in [6.45, 7) is -0.565. The van der Waals surface area contributed by atoms with Crippen LogP contribution in [0, 0.1) is 0 Å². The normalized spacial score (nSPS) is 13.5. The van der Waals surface area contributed by atoms with E-state index in [1.807, 2.05) is 36.4 Å². The number of nitrogens with one attached hydrogen (secondary N) is 1. The molecule has 1 aliphatic rings. The Balaban J connectivity index is 2.38. The summed E-state index contributed by atoms with van der Waals surface area (Å²) < 4.78 is 12.6. The molecule has 0 aromatic heterocycles. The summed E-state index contributed by atoms with van der Waals surface area (Å²) in [5.41, 5.74) is 1.78. The number of rotatable bonds is 1. The van der Waals surface area contributed by atoms with E-state index >= 15 is 0 Å². The Morgan fingerprint density at radius 1 is 1.13 bits per heavy atom. The third-order valence-electron chi connectivity index (χ3n) is 2.54. The van der Waals surface area contributed by atoms with Crippen LogP contribution in [0.15, 0.2) is 41.4 Å². The molecular weight excluding hydrogens is 191 g/mol. The number of halogens is 1. The number of alkyl halides is 1. The van der Waals surface area contributed by atoms with Crippen molar-refractivity contribution in [2.75, 3.05) is 12.0 Å². The van der Waals surface area contributed by atoms with Crippen molar-refractivity contribution in [1.82, 2.24) is 0 Å². The summed E-state index contributed by atoms with van der Waals surface area (Å²) in [6, 6.07) is 11.8. The molecule has 1 N–H and O–H groups in total. The molecule has 2 nitrogen and oxygen atoms in total. The highest BCUT2D eigenvalue weighted by Gasteiger charge is 2.12. The maximum Gasteiger partial charge on any atom is 0.147 e. The first-order chi connectivity index (χ1) is 7.38. The summed E-state index contributed by atoms with van der Waals surface area (Å²) in [5, 5.41) is 5.18. The lowest BCUT2D eigenvalue weighted by Crippen LogP contribution is -2.16. The van der Waals surface area contributed by atoms with Gasteiger partial charge in [0, 0.05) is 11.1 Å². The molecule has 0 saturated heterocycles. The van der Waals surface area contributed by atoms with Gasteiger partial charge < -0.3 is 5.32 Å². The maximum atomic E-state index is 12.6. The highest BCUT2D eigenvalue weighted by molar-refractivity contribution is 6.13. The molecule has 0 unspecified atom stereocenters. The molecule has 2 aromatic carbocycles. The quantitative estimate of drug-likeness (QED) is 0.750. The highest BCUT2D eigenvalue weighted by atomic mass is 19.1. The highest BCUT2D eigenvalue weighted by Crippen LogP contribution is 2.35. The molecule has 0 spiro atoms. The summed E-state index contributed by atoms with van der Waals surface area (Å²) >= 11 is 0. The van der Waals surface area contributed by atoms with E-state index in [0.29, 0.717) is 5.84 Å². The van der Waals surface area contributed by atoms with Gasteiger partial charge in [-0.05, 0) is 17.5 Å². The second-order valence-corrected chi connectivity index (χ2v) is 3.50. The van der Waals surface area contributed by atoms with Crippen LogP contribution in [0.5, 0.6) is 0 Å². The van der Waals surface area contributed by atoms with E-state index in [2.05, 4.69) is 10.3 Å². The average Bonchev–Trinajstić information content (AvgIpc) is 2.29. The lowest BCUT2D eigenvalue weighted by atomic mass is 10.1. The lowest BCUT2D eigenvalue weighted by Gasteiger charge is -2.16. The molecule has 0 saturated carbocycles. The molecular formula is C12H9FN2. The second kappa shape index (κ2) is 3.05. The zero-order valence-corrected chi connectivity index (χ0v) is 8.00. The molecule has 0 bridgehead atoms. The third kappa shape index (κ3) is 1.20. The van der Waals surface area contributed by atoms with Crippen molar-refractivity contribution in [2.45, 2.75) is 0 Å². The van der Waals surface area contributed by atoms with Crippen LogP contribution in [-0.4, -0.2) is 12.5 Å². The molecule has 0 amide bonds. The van der Waals surface area contributed by atoms with E-state index in [1.54, 1.807) is 0 Å². The predicted octanol–water partition coefficient (Wildman–Crippen LogP) is 3.26. The van der Waals surface area contributed by atoms with Crippen LogP contribution in [-0.2, 0) is 0 Å². The Kier molecular flexibility index (Phi) is 1.71. The molecule has 3 rings (SSSR count). The van der Waals surface area contributed by atoms with Gasteiger partial charge in [-0.15, -0.1) is 0 Å². The Morgan fingerprint density at radius 2 is 1.93 bits per heavy atom. The fourth-order valence-electron chi connectivity index (χ4n) is 1.91. The van der Waals surface area contributed by atoms with Gasteiger partial charge in [-0.3, -0.25) is 0 Å². The lowest BCUT2D eigenvalue weighted by molar-refractivity contribution is 0.581. The van der Waals surface area contributed by atoms with Crippen LogP contribution in [0.2, 0.25) is 0 Å². The smallest absolute Gasteiger partial charge is 0.147 e. The van der Waals surface area contributed by atoms with Crippen molar-refractivity contribution >= 4 is 28.0 Å². The van der Waals surface area contributed by atoms with Gasteiger partial charge in [0.2, 0.25) is 0 Å². The maximum absolute atomic E-state index is 12.6. The van der Waals surface area contributed by atoms with E-state index < -0.39 is 6.67 Å². The van der Waals surface area contributed by atoms with Crippen LogP contribution in [0.4, 0.5) is 15.8 Å². The van der Waals surface area contributed by atoms with Crippen LogP contribution in [0.3, 0.4) is 0 Å². The minimum absolute atomic E-state index is 0.376. The number of anilines is 1. The van der Waals surface area contributed by atoms with Crippen LogP contribution in [0.1, 0.15) is 0 Å². The topological polar surface area (TPSA) is 24.4 Å². The molecule has 0 fully saturated rings. The fourth-order valence-corrected chi connectivity index (χ4v) is 1.91. The zero-order valence-electron chi connectivity index (χ0n) is 8.00. The van der Waals surface area contributed by atoms with Crippen LogP contribution in [0.25, 0.3) is 10.8 Å². The molecule has 0 atom stereocenters. The zero-order chi connectivity index (χ0) is 10.3. The second-order valence-electron chi connectivity index (χ2n) is 3.50. The van der Waals surface area contributed by atoms with Gasteiger partial charge in [0.25, 0.3) is 0 Å². The van der Waals surface area contributed by atoms with Gasteiger partial charge in [0.15, 0.2) is 0 Å². The average molecular weight is 200 g/mol. The molecule has 1 aliphatic heterocycles. The molecule has 0 aliphatic carbocycles. The Hall–Kier alpha value is -1.90. The van der Waals surface area contributed by atoms with Crippen molar-refractivity contribution in [3.05, 3.63) is 36.4 Å². The Labute approximate surface area is 86.4 Å². The summed E-state index contributed by atoms with van der Waals surface area (Å²) in [6.07, 6.45) is 0. The van der Waals surface area contributed by atoms with E-state index in [9.17, 15) is 4.39 Å². The van der Waals surface area contributed by atoms with E-state index in [4.69, 9.17) is 0 Å². The van der Waals surface area contributed by atoms with Crippen LogP contribution >= 0.6 is 0 Å². The molecule has 3 heteroatoms. The van der Waals surface area contributed by atoms with Crippen molar-refractivity contribution in [3.8, 4) is 0 Å². The van der Waals surface area contributed by atoms with Gasteiger partial charge in [-0.25, -0.2) is 9.38 Å². The molecule has 0 radical (unpaired) electrons. The largest absolute Gasteiger partial charge is 0.341 e. The van der Waals surface area contributed by atoms with Gasteiger partial charge in [0.1, 0.15) is 12.5 Å². The summed E-state index contributed by atoms with van der Waals surface area (Å²) in [5.74, 6) is 0.376. The van der Waals surface area contributed by atoms with E-state index in [0.717, 1.165) is 22.1 Å². The number of aliphatic imine (C=N–C) groups is 1. The molecule has 2 aromatic rings. The van der Waals surface area contributed by atoms with Crippen molar-refractivity contribution in [3.63, 3.8) is 0 Å². The molecule has 15 heavy (non-hydrogen) atoms. The van der Waals surface area contributed by atoms with Gasteiger partial charge in [-0.1, -0.05) is 24.3 Å². The summed E-state index contributed by atoms with van der Waals surface area (Å²) in [4.78, 5) is 4.21.